The van der Waals surface area contributed by atoms with Gasteiger partial charge in [-0.05, 0) is 46.6 Å². The molecule has 0 aliphatic carbocycles. The van der Waals surface area contributed by atoms with Crippen molar-refractivity contribution < 1.29 is 19.1 Å². The predicted molar refractivity (Wildman–Crippen MR) is 83.0 cm³/mol. The first-order chi connectivity index (χ1) is 10.1. The molecule has 0 aromatic carbocycles. The number of hydrogen-bond acceptors (Lipinski definition) is 4. The molecule has 22 heavy (non-hydrogen) atoms. The van der Waals surface area contributed by atoms with E-state index in [0.717, 1.165) is 0 Å². The zero-order valence-electron chi connectivity index (χ0n) is 13.8. The maximum absolute atomic E-state index is 12.2. The van der Waals surface area contributed by atoms with E-state index in [4.69, 9.17) is 4.74 Å². The van der Waals surface area contributed by atoms with E-state index < -0.39 is 17.6 Å². The number of nitrogens with zero attached hydrogens (tertiary/aromatic N) is 1. The molecule has 2 amide bonds. The topological polar surface area (TPSA) is 75.7 Å². The lowest BCUT2D eigenvalue weighted by Gasteiger charge is -2.31. The van der Waals surface area contributed by atoms with Crippen LogP contribution in [0.25, 0.3) is 0 Å². The fourth-order valence-electron chi connectivity index (χ4n) is 2.27. The largest absolute Gasteiger partial charge is 0.458 e. The van der Waals surface area contributed by atoms with Crippen LogP contribution in [0.5, 0.6) is 0 Å². The Balaban J connectivity index is 2.45. The van der Waals surface area contributed by atoms with E-state index in [1.54, 1.807) is 32.6 Å². The van der Waals surface area contributed by atoms with Crippen LogP contribution in [0.2, 0.25) is 0 Å². The van der Waals surface area contributed by atoms with Crippen molar-refractivity contribution in [2.45, 2.75) is 52.2 Å². The summed E-state index contributed by atoms with van der Waals surface area (Å²) in [6.45, 7) is 11.5. The van der Waals surface area contributed by atoms with E-state index >= 15 is 0 Å². The van der Waals surface area contributed by atoms with Crippen molar-refractivity contribution in [2.24, 2.45) is 5.92 Å². The summed E-state index contributed by atoms with van der Waals surface area (Å²) >= 11 is 0. The molecule has 1 heterocycles. The van der Waals surface area contributed by atoms with Crippen molar-refractivity contribution in [1.29, 1.82) is 0 Å². The summed E-state index contributed by atoms with van der Waals surface area (Å²) in [4.78, 5) is 37.2. The fraction of sp³-hybridized carbons (Fsp3) is 0.688. The minimum atomic E-state index is -0.681. The van der Waals surface area contributed by atoms with Gasteiger partial charge in [0.15, 0.2) is 0 Å². The number of amides is 2. The Morgan fingerprint density at radius 3 is 2.27 bits per heavy atom. The van der Waals surface area contributed by atoms with Gasteiger partial charge in [-0.2, -0.15) is 0 Å². The Labute approximate surface area is 131 Å². The van der Waals surface area contributed by atoms with Gasteiger partial charge in [0.25, 0.3) is 0 Å². The minimum Gasteiger partial charge on any atom is -0.458 e. The molecular formula is C16H26N2O4. The number of ether oxygens (including phenoxy) is 1. The minimum absolute atomic E-state index is 0.110. The van der Waals surface area contributed by atoms with Crippen LogP contribution in [-0.2, 0) is 19.1 Å². The molecule has 0 unspecified atom stereocenters. The third kappa shape index (κ3) is 5.50. The Kier molecular flexibility index (Phi) is 6.14. The zero-order valence-corrected chi connectivity index (χ0v) is 13.8. The summed E-state index contributed by atoms with van der Waals surface area (Å²) in [5.41, 5.74) is -0.577. The van der Waals surface area contributed by atoms with Gasteiger partial charge in [-0.25, -0.2) is 4.79 Å². The van der Waals surface area contributed by atoms with Crippen LogP contribution in [0.4, 0.5) is 0 Å². The molecule has 124 valence electrons. The highest BCUT2D eigenvalue weighted by molar-refractivity contribution is 5.88. The average Bonchev–Trinajstić information content (AvgIpc) is 2.44. The Morgan fingerprint density at radius 1 is 1.27 bits per heavy atom. The smallest absolute Gasteiger partial charge is 0.328 e. The van der Waals surface area contributed by atoms with Gasteiger partial charge in [0.2, 0.25) is 11.8 Å². The molecule has 1 aliphatic heterocycles. The van der Waals surface area contributed by atoms with Crippen molar-refractivity contribution in [2.75, 3.05) is 13.1 Å². The molecule has 6 heteroatoms. The SMILES string of the molecule is C=CC(=O)N1CCC(C(=O)N[C@@H](C)C(=O)OC(C)(C)C)CC1. The molecule has 1 rings (SSSR count). The number of hydrogen-bond donors (Lipinski definition) is 1. The average molecular weight is 310 g/mol. The van der Waals surface area contributed by atoms with Gasteiger partial charge < -0.3 is 15.0 Å². The maximum atomic E-state index is 12.2. The lowest BCUT2D eigenvalue weighted by atomic mass is 9.95. The number of likely N-dealkylation sites (tertiary alicyclic amines) is 1. The second-order valence-corrected chi connectivity index (χ2v) is 6.57. The molecule has 1 fully saturated rings. The molecule has 0 spiro atoms. The Hall–Kier alpha value is -1.85. The second kappa shape index (κ2) is 7.42. The molecular weight excluding hydrogens is 284 g/mol. The highest BCUT2D eigenvalue weighted by Crippen LogP contribution is 2.18. The highest BCUT2D eigenvalue weighted by atomic mass is 16.6. The summed E-state index contributed by atoms with van der Waals surface area (Å²) in [7, 11) is 0. The van der Waals surface area contributed by atoms with Gasteiger partial charge in [0.1, 0.15) is 11.6 Å². The van der Waals surface area contributed by atoms with Crippen molar-refractivity contribution >= 4 is 17.8 Å². The molecule has 6 nitrogen and oxygen atoms in total. The summed E-state index contributed by atoms with van der Waals surface area (Å²) < 4.78 is 5.23. The lowest BCUT2D eigenvalue weighted by Crippen LogP contribution is -2.47. The van der Waals surface area contributed by atoms with Crippen molar-refractivity contribution in [1.82, 2.24) is 10.2 Å². The lowest BCUT2D eigenvalue weighted by molar-refractivity contribution is -0.158. The molecule has 0 aromatic rings. The number of carbonyl (C=O) groups excluding carboxylic acids is 3. The summed E-state index contributed by atoms with van der Waals surface area (Å²) in [6, 6.07) is -0.681. The van der Waals surface area contributed by atoms with Crippen LogP contribution in [-0.4, -0.2) is 47.4 Å². The predicted octanol–water partition coefficient (Wildman–Crippen LogP) is 1.26. The highest BCUT2D eigenvalue weighted by Gasteiger charge is 2.29. The third-order valence-corrected chi connectivity index (χ3v) is 3.47. The van der Waals surface area contributed by atoms with Crippen molar-refractivity contribution in [3.63, 3.8) is 0 Å². The van der Waals surface area contributed by atoms with Gasteiger partial charge in [-0.1, -0.05) is 6.58 Å². The summed E-state index contributed by atoms with van der Waals surface area (Å²) in [5.74, 6) is -0.899. The quantitative estimate of drug-likeness (QED) is 0.626. The normalized spacial score (nSPS) is 17.5. The molecule has 0 aromatic heterocycles. The fourth-order valence-corrected chi connectivity index (χ4v) is 2.27. The van der Waals surface area contributed by atoms with Crippen molar-refractivity contribution in [3.05, 3.63) is 12.7 Å². The van der Waals surface area contributed by atoms with Crippen LogP contribution >= 0.6 is 0 Å². The van der Waals surface area contributed by atoms with Gasteiger partial charge in [0.05, 0.1) is 0 Å². The Bertz CT molecular complexity index is 446. The first kappa shape index (κ1) is 18.2. The summed E-state index contributed by atoms with van der Waals surface area (Å²) in [5, 5.41) is 2.69. The third-order valence-electron chi connectivity index (χ3n) is 3.47. The molecule has 1 saturated heterocycles. The first-order valence-electron chi connectivity index (χ1n) is 7.58. The van der Waals surface area contributed by atoms with Crippen LogP contribution in [0.3, 0.4) is 0 Å². The number of nitrogens with one attached hydrogen (secondary N) is 1. The standard InChI is InChI=1S/C16H26N2O4/c1-6-13(19)18-9-7-12(8-10-18)14(20)17-11(2)15(21)22-16(3,4)5/h6,11-12H,1,7-10H2,2-5H3,(H,17,20)/t11-/m0/s1. The van der Waals surface area contributed by atoms with Gasteiger partial charge >= 0.3 is 5.97 Å². The molecule has 1 N–H and O–H groups in total. The molecule has 1 aliphatic rings. The summed E-state index contributed by atoms with van der Waals surface area (Å²) in [6.07, 6.45) is 2.46. The number of piperidine rings is 1. The monoisotopic (exact) mass is 310 g/mol. The first-order valence-corrected chi connectivity index (χ1v) is 7.58. The zero-order chi connectivity index (χ0) is 16.9. The van der Waals surface area contributed by atoms with E-state index in [-0.39, 0.29) is 17.7 Å². The van der Waals surface area contributed by atoms with Crippen LogP contribution in [0.1, 0.15) is 40.5 Å². The van der Waals surface area contributed by atoms with E-state index in [2.05, 4.69) is 11.9 Å². The van der Waals surface area contributed by atoms with Crippen LogP contribution < -0.4 is 5.32 Å². The van der Waals surface area contributed by atoms with E-state index in [9.17, 15) is 14.4 Å². The van der Waals surface area contributed by atoms with Gasteiger partial charge in [0, 0.05) is 19.0 Å². The second-order valence-electron chi connectivity index (χ2n) is 6.57. The van der Waals surface area contributed by atoms with Gasteiger partial charge in [-0.15, -0.1) is 0 Å². The molecule has 1 atom stereocenters. The van der Waals surface area contributed by atoms with Crippen LogP contribution in [0.15, 0.2) is 12.7 Å². The molecule has 0 bridgehead atoms. The number of carbonyl (C=O) groups is 3. The van der Waals surface area contributed by atoms with Crippen LogP contribution in [0, 0.1) is 5.92 Å². The van der Waals surface area contributed by atoms with E-state index in [1.165, 1.54) is 6.08 Å². The maximum Gasteiger partial charge on any atom is 0.328 e. The van der Waals surface area contributed by atoms with Gasteiger partial charge in [-0.3, -0.25) is 9.59 Å². The molecule has 0 saturated carbocycles. The van der Waals surface area contributed by atoms with Crippen molar-refractivity contribution in [3.8, 4) is 0 Å². The number of esters is 1. The van der Waals surface area contributed by atoms with E-state index in [0.29, 0.717) is 25.9 Å². The number of rotatable bonds is 4. The van der Waals surface area contributed by atoms with E-state index in [1.807, 2.05) is 0 Å². The molecule has 0 radical (unpaired) electrons. The Morgan fingerprint density at radius 2 is 1.82 bits per heavy atom.